The average molecular weight is 414 g/mol. The summed E-state index contributed by atoms with van der Waals surface area (Å²) >= 11 is 0. The standard InChI is InChI=1S/C24H27NO3.ClH/c1-26-16-7-8-17-18-10-15-6-4-5-9-25(15)14-22(18)21-13-24(28-3)23(27-2)12-20(21)19(17)11-16;/h7-8,11-13,15H,4-6,9-10,14H2,1-3H3;1H/t15-;/m0./s1. The summed E-state index contributed by atoms with van der Waals surface area (Å²) in [5.74, 6) is 2.45. The number of rotatable bonds is 3. The van der Waals surface area contributed by atoms with Gasteiger partial charge in [-0.2, -0.15) is 0 Å². The van der Waals surface area contributed by atoms with Crippen molar-refractivity contribution in [1.29, 1.82) is 0 Å². The van der Waals surface area contributed by atoms with Crippen molar-refractivity contribution in [2.75, 3.05) is 27.9 Å². The van der Waals surface area contributed by atoms with Crippen LogP contribution in [0.2, 0.25) is 0 Å². The molecule has 154 valence electrons. The first kappa shape index (κ1) is 20.1. The van der Waals surface area contributed by atoms with Gasteiger partial charge in [0, 0.05) is 12.6 Å². The Kier molecular flexibility index (Phi) is 5.50. The first-order valence-electron chi connectivity index (χ1n) is 10.1. The summed E-state index contributed by atoms with van der Waals surface area (Å²) in [7, 11) is 5.13. The van der Waals surface area contributed by atoms with Crippen LogP contribution in [0.15, 0.2) is 30.3 Å². The first-order valence-corrected chi connectivity index (χ1v) is 10.1. The average Bonchev–Trinajstić information content (AvgIpc) is 2.76. The number of fused-ring (bicyclic) bond motifs is 7. The summed E-state index contributed by atoms with van der Waals surface area (Å²) in [5.41, 5.74) is 2.95. The molecule has 2 aliphatic rings. The van der Waals surface area contributed by atoms with Crippen LogP contribution in [0.4, 0.5) is 0 Å². The molecule has 0 aliphatic carbocycles. The van der Waals surface area contributed by atoms with Gasteiger partial charge in [-0.25, -0.2) is 0 Å². The van der Waals surface area contributed by atoms with Crippen molar-refractivity contribution in [3.05, 3.63) is 41.5 Å². The summed E-state index contributed by atoms with van der Waals surface area (Å²) < 4.78 is 16.8. The van der Waals surface area contributed by atoms with E-state index in [9.17, 15) is 0 Å². The van der Waals surface area contributed by atoms with Crippen molar-refractivity contribution >= 4 is 34.0 Å². The largest absolute Gasteiger partial charge is 0.497 e. The van der Waals surface area contributed by atoms with Crippen molar-refractivity contribution in [3.8, 4) is 17.2 Å². The molecule has 4 nitrogen and oxygen atoms in total. The number of methoxy groups -OCH3 is 3. The molecule has 3 aromatic carbocycles. The molecular weight excluding hydrogens is 386 g/mol. The van der Waals surface area contributed by atoms with Gasteiger partial charge in [0.1, 0.15) is 5.75 Å². The first-order chi connectivity index (χ1) is 13.7. The Balaban J connectivity index is 0.00000205. The van der Waals surface area contributed by atoms with Gasteiger partial charge in [-0.3, -0.25) is 4.90 Å². The molecule has 0 unspecified atom stereocenters. The van der Waals surface area contributed by atoms with E-state index in [0.717, 1.165) is 30.2 Å². The predicted octanol–water partition coefficient (Wildman–Crippen LogP) is 5.35. The zero-order chi connectivity index (χ0) is 19.3. The minimum Gasteiger partial charge on any atom is -0.497 e. The van der Waals surface area contributed by atoms with Gasteiger partial charge < -0.3 is 14.2 Å². The minimum absolute atomic E-state index is 0. The summed E-state index contributed by atoms with van der Waals surface area (Å²) in [5, 5.41) is 5.07. The molecule has 0 amide bonds. The van der Waals surface area contributed by atoms with E-state index in [4.69, 9.17) is 14.2 Å². The highest BCUT2D eigenvalue weighted by molar-refractivity contribution is 6.12. The summed E-state index contributed by atoms with van der Waals surface area (Å²) in [6.45, 7) is 2.23. The zero-order valence-corrected chi connectivity index (χ0v) is 18.1. The van der Waals surface area contributed by atoms with Gasteiger partial charge in [0.2, 0.25) is 0 Å². The minimum atomic E-state index is 0. The molecule has 1 atom stereocenters. The van der Waals surface area contributed by atoms with Crippen LogP contribution in [-0.2, 0) is 13.0 Å². The van der Waals surface area contributed by atoms with Crippen LogP contribution in [0, 0.1) is 0 Å². The molecule has 1 fully saturated rings. The second-order valence-electron chi connectivity index (χ2n) is 7.95. The Morgan fingerprint density at radius 1 is 0.793 bits per heavy atom. The molecule has 0 aromatic heterocycles. The maximum Gasteiger partial charge on any atom is 0.161 e. The molecule has 1 saturated heterocycles. The van der Waals surface area contributed by atoms with E-state index in [1.807, 2.05) is 0 Å². The lowest BCUT2D eigenvalue weighted by molar-refractivity contribution is 0.128. The maximum absolute atomic E-state index is 5.64. The Morgan fingerprint density at radius 3 is 2.24 bits per heavy atom. The number of benzene rings is 3. The topological polar surface area (TPSA) is 30.9 Å². The van der Waals surface area contributed by atoms with Gasteiger partial charge in [0.15, 0.2) is 11.5 Å². The second kappa shape index (κ2) is 7.92. The van der Waals surface area contributed by atoms with Crippen LogP contribution in [0.3, 0.4) is 0 Å². The lowest BCUT2D eigenvalue weighted by Crippen LogP contribution is -2.43. The fourth-order valence-electron chi connectivity index (χ4n) is 5.16. The molecule has 5 heteroatoms. The Labute approximate surface area is 178 Å². The van der Waals surface area contributed by atoms with Gasteiger partial charge >= 0.3 is 0 Å². The van der Waals surface area contributed by atoms with Crippen LogP contribution in [-0.4, -0.2) is 38.8 Å². The van der Waals surface area contributed by atoms with Crippen molar-refractivity contribution in [1.82, 2.24) is 4.90 Å². The molecule has 0 saturated carbocycles. The van der Waals surface area contributed by atoms with Gasteiger partial charge in [-0.15, -0.1) is 12.4 Å². The summed E-state index contributed by atoms with van der Waals surface area (Å²) in [6, 6.07) is 11.4. The lowest BCUT2D eigenvalue weighted by Gasteiger charge is -2.41. The highest BCUT2D eigenvalue weighted by Gasteiger charge is 2.31. The van der Waals surface area contributed by atoms with E-state index < -0.39 is 0 Å². The number of ether oxygens (including phenoxy) is 3. The Bertz CT molecular complexity index is 1070. The number of piperidine rings is 1. The Morgan fingerprint density at radius 2 is 1.52 bits per heavy atom. The molecule has 2 aliphatic heterocycles. The van der Waals surface area contributed by atoms with E-state index >= 15 is 0 Å². The fraction of sp³-hybridized carbons (Fsp3) is 0.417. The molecule has 3 aromatic rings. The third-order valence-corrected chi connectivity index (χ3v) is 6.61. The zero-order valence-electron chi connectivity index (χ0n) is 17.3. The van der Waals surface area contributed by atoms with Gasteiger partial charge in [0.25, 0.3) is 0 Å². The van der Waals surface area contributed by atoms with Gasteiger partial charge in [-0.1, -0.05) is 12.5 Å². The number of halogens is 1. The number of hydrogen-bond acceptors (Lipinski definition) is 4. The highest BCUT2D eigenvalue weighted by Crippen LogP contribution is 2.44. The van der Waals surface area contributed by atoms with E-state index in [1.165, 1.54) is 58.5 Å². The Hall–Kier alpha value is -2.17. The van der Waals surface area contributed by atoms with E-state index in [-0.39, 0.29) is 12.4 Å². The van der Waals surface area contributed by atoms with E-state index in [2.05, 4.69) is 35.2 Å². The highest BCUT2D eigenvalue weighted by atomic mass is 35.5. The third kappa shape index (κ3) is 3.19. The van der Waals surface area contributed by atoms with E-state index in [0.29, 0.717) is 6.04 Å². The van der Waals surface area contributed by atoms with Crippen molar-refractivity contribution in [3.63, 3.8) is 0 Å². The van der Waals surface area contributed by atoms with Crippen molar-refractivity contribution in [2.24, 2.45) is 0 Å². The molecular formula is C24H28ClNO3. The summed E-state index contributed by atoms with van der Waals surface area (Å²) in [4.78, 5) is 2.68. The van der Waals surface area contributed by atoms with Crippen LogP contribution in [0.25, 0.3) is 21.5 Å². The maximum atomic E-state index is 5.64. The quantitative estimate of drug-likeness (QED) is 0.541. The molecule has 0 N–H and O–H groups in total. The van der Waals surface area contributed by atoms with Crippen molar-refractivity contribution < 1.29 is 14.2 Å². The van der Waals surface area contributed by atoms with Crippen LogP contribution in [0.1, 0.15) is 30.4 Å². The normalized spacial score (nSPS) is 18.7. The monoisotopic (exact) mass is 413 g/mol. The molecule has 2 heterocycles. The van der Waals surface area contributed by atoms with Gasteiger partial charge in [-0.05, 0) is 82.7 Å². The number of hydrogen-bond donors (Lipinski definition) is 0. The molecule has 0 bridgehead atoms. The third-order valence-electron chi connectivity index (χ3n) is 6.61. The van der Waals surface area contributed by atoms with Crippen LogP contribution in [0.5, 0.6) is 17.2 Å². The predicted molar refractivity (Wildman–Crippen MR) is 120 cm³/mol. The molecule has 5 rings (SSSR count). The molecule has 0 spiro atoms. The second-order valence-corrected chi connectivity index (χ2v) is 7.95. The van der Waals surface area contributed by atoms with Gasteiger partial charge in [0.05, 0.1) is 21.3 Å². The summed E-state index contributed by atoms with van der Waals surface area (Å²) in [6.07, 6.45) is 5.09. The van der Waals surface area contributed by atoms with Crippen LogP contribution < -0.4 is 14.2 Å². The van der Waals surface area contributed by atoms with E-state index in [1.54, 1.807) is 21.3 Å². The molecule has 0 radical (unpaired) electrons. The molecule has 29 heavy (non-hydrogen) atoms. The fourth-order valence-corrected chi connectivity index (χ4v) is 5.16. The lowest BCUT2D eigenvalue weighted by atomic mass is 9.82. The van der Waals surface area contributed by atoms with Crippen LogP contribution >= 0.6 is 12.4 Å². The smallest absolute Gasteiger partial charge is 0.161 e. The number of nitrogens with zero attached hydrogens (tertiary/aromatic N) is 1. The SMILES string of the molecule is COc1ccc2c3c(c4cc(OC)c(OC)cc4c2c1)CN1CCCC[C@H]1C3.Cl. The van der Waals surface area contributed by atoms with Crippen molar-refractivity contribution in [2.45, 2.75) is 38.3 Å².